The number of anilines is 1. The molecule has 0 bridgehead atoms. The third kappa shape index (κ3) is 6.73. The van der Waals surface area contributed by atoms with Gasteiger partial charge < -0.3 is 10.0 Å². The summed E-state index contributed by atoms with van der Waals surface area (Å²) in [7, 11) is 0. The number of aryl methyl sites for hydroxylation is 1. The van der Waals surface area contributed by atoms with Gasteiger partial charge in [-0.15, -0.1) is 0 Å². The fourth-order valence-corrected chi connectivity index (χ4v) is 6.87. The molecule has 0 spiro atoms. The molecule has 5 rings (SSSR count). The Morgan fingerprint density at radius 1 is 0.850 bits per heavy atom. The van der Waals surface area contributed by atoms with E-state index in [1.54, 1.807) is 12.1 Å². The fraction of sp³-hybridized carbons (Fsp3) is 0.514. The Hall–Kier alpha value is -2.81. The molecule has 40 heavy (non-hydrogen) atoms. The van der Waals surface area contributed by atoms with Crippen LogP contribution in [-0.4, -0.2) is 18.2 Å². The molecule has 1 saturated heterocycles. The van der Waals surface area contributed by atoms with E-state index in [0.717, 1.165) is 36.9 Å². The van der Waals surface area contributed by atoms with Crippen LogP contribution in [0, 0.1) is 24.6 Å². The van der Waals surface area contributed by atoms with Crippen LogP contribution in [0.1, 0.15) is 114 Å². The van der Waals surface area contributed by atoms with E-state index in [2.05, 4.69) is 62.9 Å². The summed E-state index contributed by atoms with van der Waals surface area (Å²) in [5.74, 6) is 2.11. The Morgan fingerprint density at radius 3 is 2.02 bits per heavy atom. The number of hydrogen-bond donors (Lipinski definition) is 1. The summed E-state index contributed by atoms with van der Waals surface area (Å²) in [4.78, 5) is 2.53. The van der Waals surface area contributed by atoms with Crippen molar-refractivity contribution in [3.05, 3.63) is 94.3 Å². The summed E-state index contributed by atoms with van der Waals surface area (Å²) in [5.41, 5.74) is 7.19. The standard InChI is InChI=1S/C33H40FNO.2C2H6/c1-21(2)23-14-16-35(17-15-23)26-9-6-24(7-10-26)32-29-13-11-27(36)19-31(29)33(4,5)20-30(32)28-12-8-25(34)18-22(28)3;2*1-2/h6-13,18-19,21,23,30,32,36H,14-17,20H2,1-5H3;2*1-2H3. The minimum absolute atomic E-state index is 0.100. The van der Waals surface area contributed by atoms with E-state index in [1.165, 1.54) is 40.8 Å². The van der Waals surface area contributed by atoms with Crippen LogP contribution in [-0.2, 0) is 5.41 Å². The van der Waals surface area contributed by atoms with Gasteiger partial charge in [0.05, 0.1) is 0 Å². The van der Waals surface area contributed by atoms with Gasteiger partial charge >= 0.3 is 0 Å². The summed E-state index contributed by atoms with van der Waals surface area (Å²) in [6.45, 7) is 21.5. The zero-order valence-corrected chi connectivity index (χ0v) is 26.4. The molecule has 1 aliphatic heterocycles. The highest BCUT2D eigenvalue weighted by Crippen LogP contribution is 2.54. The Labute approximate surface area is 243 Å². The third-order valence-electron chi connectivity index (χ3n) is 8.96. The molecule has 218 valence electrons. The van der Waals surface area contributed by atoms with Crippen LogP contribution in [0.4, 0.5) is 10.1 Å². The van der Waals surface area contributed by atoms with Crippen molar-refractivity contribution >= 4 is 5.69 Å². The number of nitrogens with zero attached hydrogens (tertiary/aromatic N) is 1. The minimum Gasteiger partial charge on any atom is -0.508 e. The molecule has 2 aliphatic rings. The van der Waals surface area contributed by atoms with Crippen LogP contribution in [0.5, 0.6) is 5.75 Å². The van der Waals surface area contributed by atoms with E-state index in [1.807, 2.05) is 52.8 Å². The van der Waals surface area contributed by atoms with Crippen LogP contribution in [0.3, 0.4) is 0 Å². The normalized spacial score (nSPS) is 20.1. The summed E-state index contributed by atoms with van der Waals surface area (Å²) in [6, 6.07) is 20.3. The lowest BCUT2D eigenvalue weighted by atomic mass is 9.60. The van der Waals surface area contributed by atoms with Crippen LogP contribution in [0.25, 0.3) is 0 Å². The van der Waals surface area contributed by atoms with Crippen molar-refractivity contribution in [2.24, 2.45) is 11.8 Å². The number of phenolic OH excluding ortho intramolecular Hbond substituents is 1. The highest BCUT2D eigenvalue weighted by atomic mass is 19.1. The Balaban J connectivity index is 0.00000106. The molecule has 0 radical (unpaired) electrons. The fourth-order valence-electron chi connectivity index (χ4n) is 6.87. The van der Waals surface area contributed by atoms with Crippen molar-refractivity contribution < 1.29 is 9.50 Å². The van der Waals surface area contributed by atoms with Gasteiger partial charge in [-0.2, -0.15) is 0 Å². The second-order valence-corrected chi connectivity index (χ2v) is 12.1. The number of phenols is 1. The zero-order valence-electron chi connectivity index (χ0n) is 26.4. The number of hydrogen-bond acceptors (Lipinski definition) is 2. The number of halogens is 1. The predicted octanol–water partition coefficient (Wildman–Crippen LogP) is 10.4. The molecule has 1 heterocycles. The largest absolute Gasteiger partial charge is 0.508 e. The summed E-state index contributed by atoms with van der Waals surface area (Å²) in [5, 5.41) is 10.3. The summed E-state index contributed by atoms with van der Waals surface area (Å²) >= 11 is 0. The molecular weight excluding hydrogens is 493 g/mol. The van der Waals surface area contributed by atoms with Gasteiger partial charge in [-0.1, -0.05) is 79.7 Å². The van der Waals surface area contributed by atoms with Gasteiger partial charge in [-0.25, -0.2) is 4.39 Å². The maximum atomic E-state index is 14.0. The smallest absolute Gasteiger partial charge is 0.123 e. The second kappa shape index (κ2) is 13.7. The van der Waals surface area contributed by atoms with Gasteiger partial charge in [0.25, 0.3) is 0 Å². The Morgan fingerprint density at radius 2 is 1.45 bits per heavy atom. The van der Waals surface area contributed by atoms with E-state index in [0.29, 0.717) is 5.75 Å². The monoisotopic (exact) mass is 545 g/mol. The number of rotatable bonds is 4. The predicted molar refractivity (Wildman–Crippen MR) is 170 cm³/mol. The topological polar surface area (TPSA) is 23.5 Å². The van der Waals surface area contributed by atoms with Crippen molar-refractivity contribution in [1.82, 2.24) is 0 Å². The molecule has 3 aromatic rings. The molecule has 1 fully saturated rings. The van der Waals surface area contributed by atoms with E-state index < -0.39 is 0 Å². The van der Waals surface area contributed by atoms with Crippen LogP contribution < -0.4 is 4.90 Å². The lowest BCUT2D eigenvalue weighted by Crippen LogP contribution is -2.35. The molecule has 0 amide bonds. The van der Waals surface area contributed by atoms with Gasteiger partial charge in [-0.05, 0) is 114 Å². The second-order valence-electron chi connectivity index (χ2n) is 12.1. The van der Waals surface area contributed by atoms with Gasteiger partial charge in [0.15, 0.2) is 0 Å². The maximum absolute atomic E-state index is 14.0. The quantitative estimate of drug-likeness (QED) is 0.352. The maximum Gasteiger partial charge on any atom is 0.123 e. The van der Waals surface area contributed by atoms with E-state index in [-0.39, 0.29) is 23.1 Å². The Kier molecular flexibility index (Phi) is 10.9. The van der Waals surface area contributed by atoms with Crippen molar-refractivity contribution in [1.29, 1.82) is 0 Å². The number of piperidine rings is 1. The minimum atomic E-state index is -0.182. The molecule has 2 nitrogen and oxygen atoms in total. The van der Waals surface area contributed by atoms with Crippen LogP contribution in [0.2, 0.25) is 0 Å². The first-order valence-electron chi connectivity index (χ1n) is 15.6. The molecule has 3 aromatic carbocycles. The van der Waals surface area contributed by atoms with Crippen molar-refractivity contribution in [2.45, 2.75) is 98.8 Å². The van der Waals surface area contributed by atoms with E-state index >= 15 is 0 Å². The SMILES string of the molecule is CC.CC.Cc1cc(F)ccc1C1CC(C)(C)c2cc(O)ccc2C1c1ccc(N2CCC(C(C)C)CC2)cc1. The molecular formula is C37H52FNO. The molecule has 3 heteroatoms. The molecule has 2 unspecified atom stereocenters. The third-order valence-corrected chi connectivity index (χ3v) is 8.96. The first kappa shape index (κ1) is 31.7. The molecule has 1 aliphatic carbocycles. The zero-order chi connectivity index (χ0) is 29.6. The van der Waals surface area contributed by atoms with Crippen molar-refractivity contribution in [2.75, 3.05) is 18.0 Å². The summed E-state index contributed by atoms with van der Waals surface area (Å²) < 4.78 is 14.0. The van der Waals surface area contributed by atoms with E-state index in [4.69, 9.17) is 0 Å². The average Bonchev–Trinajstić information content (AvgIpc) is 2.95. The van der Waals surface area contributed by atoms with Gasteiger partial charge in [0.1, 0.15) is 11.6 Å². The summed E-state index contributed by atoms with van der Waals surface area (Å²) in [6.07, 6.45) is 3.46. The van der Waals surface area contributed by atoms with Crippen LogP contribution >= 0.6 is 0 Å². The Bertz CT molecular complexity index is 1220. The number of aromatic hydroxyl groups is 1. The molecule has 2 atom stereocenters. The molecule has 0 saturated carbocycles. The molecule has 1 N–H and O–H groups in total. The van der Waals surface area contributed by atoms with Crippen molar-refractivity contribution in [3.8, 4) is 5.75 Å². The lowest BCUT2D eigenvalue weighted by molar-refractivity contribution is 0.311. The first-order chi connectivity index (χ1) is 19.1. The van der Waals surface area contributed by atoms with Gasteiger partial charge in [-0.3, -0.25) is 0 Å². The number of benzene rings is 3. The van der Waals surface area contributed by atoms with Crippen molar-refractivity contribution in [3.63, 3.8) is 0 Å². The van der Waals surface area contributed by atoms with E-state index in [9.17, 15) is 9.50 Å². The first-order valence-corrected chi connectivity index (χ1v) is 15.6. The van der Waals surface area contributed by atoms with Gasteiger partial charge in [0.2, 0.25) is 0 Å². The highest BCUT2D eigenvalue weighted by Gasteiger charge is 2.41. The number of fused-ring (bicyclic) bond motifs is 1. The molecule has 0 aromatic heterocycles. The highest BCUT2D eigenvalue weighted by molar-refractivity contribution is 5.54. The van der Waals surface area contributed by atoms with Crippen LogP contribution in [0.15, 0.2) is 60.7 Å². The lowest BCUT2D eigenvalue weighted by Gasteiger charge is -2.44. The average molecular weight is 546 g/mol. The van der Waals surface area contributed by atoms with Gasteiger partial charge in [0, 0.05) is 24.7 Å².